The van der Waals surface area contributed by atoms with E-state index in [9.17, 15) is 37.5 Å². The van der Waals surface area contributed by atoms with Gasteiger partial charge in [-0.2, -0.15) is 13.2 Å². The Morgan fingerprint density at radius 1 is 1.00 bits per heavy atom. The van der Waals surface area contributed by atoms with Crippen LogP contribution in [0.5, 0.6) is 11.5 Å². The number of para-hydroxylation sites is 1. The number of phenolic OH excluding ortho intramolecular Hbond substituents is 1. The molecule has 6 rings (SSSR count). The number of aromatic hydroxyl groups is 1. The second-order valence-corrected chi connectivity index (χ2v) is 12.2. The van der Waals surface area contributed by atoms with Crippen molar-refractivity contribution in [3.63, 3.8) is 0 Å². The first-order valence-electron chi connectivity index (χ1n) is 13.1. The summed E-state index contributed by atoms with van der Waals surface area (Å²) < 4.78 is 47.0. The van der Waals surface area contributed by atoms with Crippen LogP contribution in [0.2, 0.25) is 0 Å². The summed E-state index contributed by atoms with van der Waals surface area (Å²) in [5.41, 5.74) is -0.291. The predicted molar refractivity (Wildman–Crippen MR) is 157 cm³/mol. The van der Waals surface area contributed by atoms with Crippen molar-refractivity contribution in [3.05, 3.63) is 98.5 Å². The number of thiazole rings is 1. The zero-order valence-corrected chi connectivity index (χ0v) is 24.3. The Hall–Kier alpha value is -4.56. The number of anilines is 2. The van der Waals surface area contributed by atoms with Crippen molar-refractivity contribution in [3.8, 4) is 11.5 Å². The molecular formula is C30H22F3N3O6S2. The van der Waals surface area contributed by atoms with E-state index in [0.29, 0.717) is 21.2 Å². The SMILES string of the molecule is COc1cc([C@@H]2c3sc(=O)n(CC(=O)Nc4ccccc4)c3S[C@@H]3C(=O)N(c4cccc(C(F)(F)F)c4)C(=O)[C@H]23)ccc1O. The maximum Gasteiger partial charge on any atom is 0.416 e. The molecule has 0 radical (unpaired) electrons. The van der Waals surface area contributed by atoms with Crippen molar-refractivity contribution in [1.82, 2.24) is 4.57 Å². The van der Waals surface area contributed by atoms with Gasteiger partial charge in [-0.3, -0.25) is 23.7 Å². The number of hydrogen-bond donors (Lipinski definition) is 2. The van der Waals surface area contributed by atoms with Gasteiger partial charge >= 0.3 is 11.0 Å². The molecule has 0 saturated carbocycles. The van der Waals surface area contributed by atoms with E-state index in [0.717, 1.165) is 46.2 Å². The number of amides is 3. The van der Waals surface area contributed by atoms with Crippen LogP contribution in [0.15, 0.2) is 82.6 Å². The van der Waals surface area contributed by atoms with E-state index in [-0.39, 0.29) is 23.7 Å². The molecule has 4 aromatic rings. The monoisotopic (exact) mass is 641 g/mol. The van der Waals surface area contributed by atoms with Crippen LogP contribution in [-0.4, -0.2) is 39.8 Å². The fraction of sp³-hybridized carbons (Fsp3) is 0.200. The Balaban J connectivity index is 1.44. The Labute approximate surface area is 255 Å². The zero-order chi connectivity index (χ0) is 31.3. The molecule has 0 bridgehead atoms. The normalized spacial score (nSPS) is 19.5. The third-order valence-electron chi connectivity index (χ3n) is 7.40. The standard InChI is InChI=1S/C30H22F3N3O6S2/c1-42-20-12-15(10-11-19(20)37)22-23-24(27(40)36(26(23)39)18-9-5-6-16(13-18)30(31,32)33)43-28-25(22)44-29(41)35(28)14-21(38)34-17-7-3-2-4-8-17/h2-13,22-24,37H,14H2,1H3,(H,34,38)/t22-,23+,24-/m0/s1. The fourth-order valence-corrected chi connectivity index (χ4v) is 8.22. The smallest absolute Gasteiger partial charge is 0.416 e. The minimum absolute atomic E-state index is 0.0827. The first-order chi connectivity index (χ1) is 21.0. The molecule has 1 aromatic heterocycles. The third kappa shape index (κ3) is 5.13. The number of halogens is 3. The molecule has 44 heavy (non-hydrogen) atoms. The number of imide groups is 1. The molecule has 2 aliphatic heterocycles. The van der Waals surface area contributed by atoms with Crippen molar-refractivity contribution < 1.29 is 37.4 Å². The van der Waals surface area contributed by atoms with Crippen LogP contribution in [0.1, 0.15) is 21.9 Å². The summed E-state index contributed by atoms with van der Waals surface area (Å²) in [5.74, 6) is -4.08. The Kier molecular flexibility index (Phi) is 7.49. The number of aromatic nitrogens is 1. The van der Waals surface area contributed by atoms with Crippen LogP contribution in [0.25, 0.3) is 0 Å². The lowest BCUT2D eigenvalue weighted by molar-refractivity contribution is -0.137. The lowest BCUT2D eigenvalue weighted by Gasteiger charge is -2.31. The number of alkyl halides is 3. The van der Waals surface area contributed by atoms with E-state index in [2.05, 4.69) is 5.32 Å². The lowest BCUT2D eigenvalue weighted by Crippen LogP contribution is -2.33. The van der Waals surface area contributed by atoms with E-state index >= 15 is 0 Å². The van der Waals surface area contributed by atoms with E-state index in [4.69, 9.17) is 4.74 Å². The largest absolute Gasteiger partial charge is 0.504 e. The average molecular weight is 642 g/mol. The average Bonchev–Trinajstić information content (AvgIpc) is 3.43. The summed E-state index contributed by atoms with van der Waals surface area (Å²) in [5, 5.41) is 12.1. The molecule has 3 atom stereocenters. The maximum atomic E-state index is 14.0. The number of thioether (sulfide) groups is 1. The minimum Gasteiger partial charge on any atom is -0.504 e. The van der Waals surface area contributed by atoms with Crippen molar-refractivity contribution in [2.45, 2.75) is 28.9 Å². The van der Waals surface area contributed by atoms with Gasteiger partial charge in [0, 0.05) is 16.5 Å². The number of rotatable bonds is 6. The third-order valence-corrected chi connectivity index (χ3v) is 10.0. The molecule has 3 heterocycles. The quantitative estimate of drug-likeness (QED) is 0.282. The summed E-state index contributed by atoms with van der Waals surface area (Å²) >= 11 is 1.75. The molecule has 0 unspecified atom stereocenters. The van der Waals surface area contributed by atoms with Crippen molar-refractivity contribution in [2.24, 2.45) is 5.92 Å². The number of fused-ring (bicyclic) bond motifs is 2. The number of benzene rings is 3. The maximum absolute atomic E-state index is 14.0. The number of phenols is 1. The molecule has 3 amide bonds. The van der Waals surface area contributed by atoms with E-state index in [1.54, 1.807) is 30.3 Å². The number of methoxy groups -OCH3 is 1. The Bertz CT molecular complexity index is 1860. The molecule has 3 aromatic carbocycles. The number of hydrogen-bond acceptors (Lipinski definition) is 8. The number of carbonyl (C=O) groups is 3. The van der Waals surface area contributed by atoms with Gasteiger partial charge in [0.25, 0.3) is 0 Å². The molecule has 0 spiro atoms. The van der Waals surface area contributed by atoms with Crippen LogP contribution >= 0.6 is 23.1 Å². The number of ether oxygens (including phenoxy) is 1. The topological polar surface area (TPSA) is 118 Å². The van der Waals surface area contributed by atoms with Gasteiger partial charge < -0.3 is 15.2 Å². The highest BCUT2D eigenvalue weighted by molar-refractivity contribution is 8.00. The second kappa shape index (κ2) is 11.2. The van der Waals surface area contributed by atoms with Gasteiger partial charge in [-0.15, -0.1) is 0 Å². The van der Waals surface area contributed by atoms with E-state index in [1.807, 2.05) is 0 Å². The summed E-state index contributed by atoms with van der Waals surface area (Å²) in [6.45, 7) is -0.380. The molecule has 9 nitrogen and oxygen atoms in total. The number of nitrogens with one attached hydrogen (secondary N) is 1. The highest BCUT2D eigenvalue weighted by Crippen LogP contribution is 2.54. The van der Waals surface area contributed by atoms with Crippen LogP contribution in [0.4, 0.5) is 24.5 Å². The Morgan fingerprint density at radius 2 is 1.75 bits per heavy atom. The summed E-state index contributed by atoms with van der Waals surface area (Å²) in [7, 11) is 1.34. The molecule has 0 aliphatic carbocycles. The van der Waals surface area contributed by atoms with Crippen LogP contribution in [-0.2, 0) is 27.1 Å². The van der Waals surface area contributed by atoms with E-state index < -0.39 is 51.4 Å². The van der Waals surface area contributed by atoms with Gasteiger partial charge in [-0.05, 0) is 48.0 Å². The van der Waals surface area contributed by atoms with Gasteiger partial charge in [0.1, 0.15) is 11.8 Å². The van der Waals surface area contributed by atoms with Gasteiger partial charge in [-0.1, -0.05) is 53.4 Å². The second-order valence-electron chi connectivity index (χ2n) is 10.1. The van der Waals surface area contributed by atoms with Crippen LogP contribution in [0, 0.1) is 5.92 Å². The fourth-order valence-electron chi connectivity index (χ4n) is 5.44. The van der Waals surface area contributed by atoms with Crippen LogP contribution < -0.4 is 19.8 Å². The van der Waals surface area contributed by atoms with Crippen molar-refractivity contribution in [1.29, 1.82) is 0 Å². The van der Waals surface area contributed by atoms with Gasteiger partial charge in [0.2, 0.25) is 17.7 Å². The van der Waals surface area contributed by atoms with Gasteiger partial charge in [0.15, 0.2) is 11.5 Å². The molecule has 14 heteroatoms. The first-order valence-corrected chi connectivity index (χ1v) is 14.8. The number of nitrogens with zero attached hydrogens (tertiary/aromatic N) is 2. The number of carbonyl (C=O) groups excluding carboxylic acids is 3. The highest BCUT2D eigenvalue weighted by Gasteiger charge is 2.57. The summed E-state index contributed by atoms with van der Waals surface area (Å²) in [6.07, 6.45) is -4.70. The summed E-state index contributed by atoms with van der Waals surface area (Å²) in [6, 6.07) is 17.0. The molecule has 1 saturated heterocycles. The molecule has 226 valence electrons. The predicted octanol–water partition coefficient (Wildman–Crippen LogP) is 5.08. The van der Waals surface area contributed by atoms with Crippen LogP contribution in [0.3, 0.4) is 0 Å². The van der Waals surface area contributed by atoms with Crippen molar-refractivity contribution in [2.75, 3.05) is 17.3 Å². The molecule has 1 fully saturated rings. The summed E-state index contributed by atoms with van der Waals surface area (Å²) in [4.78, 5) is 54.7. The molecular weight excluding hydrogens is 619 g/mol. The minimum atomic E-state index is -4.70. The molecule has 2 N–H and O–H groups in total. The van der Waals surface area contributed by atoms with E-state index in [1.165, 1.54) is 35.9 Å². The van der Waals surface area contributed by atoms with Gasteiger partial charge in [-0.25, -0.2) is 4.90 Å². The molecule has 2 aliphatic rings. The zero-order valence-electron chi connectivity index (χ0n) is 22.7. The Morgan fingerprint density at radius 3 is 2.45 bits per heavy atom. The van der Waals surface area contributed by atoms with Gasteiger partial charge in [0.05, 0.1) is 29.3 Å². The highest BCUT2D eigenvalue weighted by atomic mass is 32.2. The first kappa shape index (κ1) is 29.5. The lowest BCUT2D eigenvalue weighted by atomic mass is 9.83. The van der Waals surface area contributed by atoms with Crippen molar-refractivity contribution >= 4 is 52.2 Å².